The van der Waals surface area contributed by atoms with Crippen molar-refractivity contribution in [1.82, 2.24) is 9.55 Å². The molecule has 7 heteroatoms. The highest BCUT2D eigenvalue weighted by Crippen LogP contribution is 2.27. The molecular weight excluding hydrogens is 454 g/mol. The molecule has 0 atom stereocenters. The Hall–Kier alpha value is -3.09. The Bertz CT molecular complexity index is 1380. The third kappa shape index (κ3) is 4.54. The Morgan fingerprint density at radius 1 is 0.939 bits per heavy atom. The summed E-state index contributed by atoms with van der Waals surface area (Å²) < 4.78 is 1.70. The average Bonchev–Trinajstić information content (AvgIpc) is 3.27. The van der Waals surface area contributed by atoms with E-state index in [-0.39, 0.29) is 11.5 Å². The maximum Gasteiger partial charge on any atom is 0.262 e. The molecule has 0 saturated carbocycles. The number of nitrogens with zero attached hydrogens (tertiary/aromatic N) is 3. The molecule has 1 aliphatic heterocycles. The molecule has 0 unspecified atom stereocenters. The fourth-order valence-electron chi connectivity index (χ4n) is 4.04. The zero-order chi connectivity index (χ0) is 22.8. The lowest BCUT2D eigenvalue weighted by Gasteiger charge is -2.16. The lowest BCUT2D eigenvalue weighted by Crippen LogP contribution is -2.24. The van der Waals surface area contributed by atoms with E-state index in [0.29, 0.717) is 39.8 Å². The zero-order valence-corrected chi connectivity index (χ0v) is 19.5. The standard InChI is InChI=1S/C26H22ClN3O2S/c27-22-8-3-1-6-19(22)16-30-25(32)21-7-2-4-9-23(21)28-26(30)33-17-18-11-13-20(14-12-18)29-15-5-10-24(29)31/h1-4,6-9,11-14H,5,10,15-17H2. The van der Waals surface area contributed by atoms with Crippen LogP contribution in [-0.2, 0) is 17.1 Å². The molecule has 4 aromatic rings. The Labute approximate surface area is 201 Å². The summed E-state index contributed by atoms with van der Waals surface area (Å²) in [4.78, 5) is 32.0. The molecule has 1 saturated heterocycles. The minimum absolute atomic E-state index is 0.0779. The number of carbonyl (C=O) groups is 1. The van der Waals surface area contributed by atoms with E-state index < -0.39 is 0 Å². The van der Waals surface area contributed by atoms with Crippen LogP contribution in [0.2, 0.25) is 5.02 Å². The molecule has 0 bridgehead atoms. The Kier molecular flexibility index (Phi) is 6.20. The van der Waals surface area contributed by atoms with E-state index in [9.17, 15) is 9.59 Å². The monoisotopic (exact) mass is 475 g/mol. The van der Waals surface area contributed by atoms with Crippen molar-refractivity contribution < 1.29 is 4.79 Å². The molecule has 0 aliphatic carbocycles. The summed E-state index contributed by atoms with van der Waals surface area (Å²) in [6.07, 6.45) is 1.53. The van der Waals surface area contributed by atoms with Gasteiger partial charge in [0.05, 0.1) is 17.4 Å². The Morgan fingerprint density at radius 3 is 2.45 bits per heavy atom. The number of para-hydroxylation sites is 1. The molecule has 0 spiro atoms. The second-order valence-corrected chi connectivity index (χ2v) is 9.35. The first-order valence-corrected chi connectivity index (χ1v) is 12.2. The number of hydrogen-bond donors (Lipinski definition) is 0. The lowest BCUT2D eigenvalue weighted by atomic mass is 10.2. The molecule has 3 aromatic carbocycles. The first kappa shape index (κ1) is 21.7. The SMILES string of the molecule is O=C1CCCN1c1ccc(CSc2nc3ccccc3c(=O)n2Cc2ccccc2Cl)cc1. The van der Waals surface area contributed by atoms with Crippen molar-refractivity contribution in [3.8, 4) is 0 Å². The van der Waals surface area contributed by atoms with Crippen LogP contribution in [-0.4, -0.2) is 22.0 Å². The fraction of sp³-hybridized carbons (Fsp3) is 0.192. The number of carbonyl (C=O) groups excluding carboxylic acids is 1. The molecule has 1 fully saturated rings. The minimum Gasteiger partial charge on any atom is -0.312 e. The van der Waals surface area contributed by atoms with Crippen LogP contribution in [0.5, 0.6) is 0 Å². The second kappa shape index (κ2) is 9.41. The van der Waals surface area contributed by atoms with Gasteiger partial charge in [-0.3, -0.25) is 14.2 Å². The number of rotatable bonds is 6. The molecule has 5 rings (SSSR count). The normalized spacial score (nSPS) is 13.7. The number of fused-ring (bicyclic) bond motifs is 1. The quantitative estimate of drug-likeness (QED) is 0.272. The van der Waals surface area contributed by atoms with E-state index in [2.05, 4.69) is 0 Å². The van der Waals surface area contributed by atoms with Crippen molar-refractivity contribution in [1.29, 1.82) is 0 Å². The van der Waals surface area contributed by atoms with Gasteiger partial charge in [-0.1, -0.05) is 65.8 Å². The summed E-state index contributed by atoms with van der Waals surface area (Å²) in [5, 5.41) is 1.87. The van der Waals surface area contributed by atoms with E-state index in [0.717, 1.165) is 29.8 Å². The summed E-state index contributed by atoms with van der Waals surface area (Å²) >= 11 is 7.90. The van der Waals surface area contributed by atoms with E-state index in [1.165, 1.54) is 11.8 Å². The van der Waals surface area contributed by atoms with Gasteiger partial charge >= 0.3 is 0 Å². The van der Waals surface area contributed by atoms with Gasteiger partial charge in [0.25, 0.3) is 5.56 Å². The molecule has 1 aliphatic rings. The van der Waals surface area contributed by atoms with Crippen LogP contribution < -0.4 is 10.5 Å². The van der Waals surface area contributed by atoms with Gasteiger partial charge in [-0.2, -0.15) is 0 Å². The molecule has 2 heterocycles. The van der Waals surface area contributed by atoms with Crippen molar-refractivity contribution in [2.75, 3.05) is 11.4 Å². The van der Waals surface area contributed by atoms with Crippen molar-refractivity contribution in [3.05, 3.63) is 99.3 Å². The molecule has 1 amide bonds. The zero-order valence-electron chi connectivity index (χ0n) is 17.9. The van der Waals surface area contributed by atoms with Crippen LogP contribution in [0.25, 0.3) is 10.9 Å². The molecule has 1 aromatic heterocycles. The van der Waals surface area contributed by atoms with Crippen LogP contribution in [0.15, 0.2) is 82.7 Å². The lowest BCUT2D eigenvalue weighted by molar-refractivity contribution is -0.117. The third-order valence-corrected chi connectivity index (χ3v) is 7.22. The van der Waals surface area contributed by atoms with Crippen LogP contribution >= 0.6 is 23.4 Å². The number of hydrogen-bond acceptors (Lipinski definition) is 4. The van der Waals surface area contributed by atoms with Crippen LogP contribution in [0.1, 0.15) is 24.0 Å². The number of benzene rings is 3. The van der Waals surface area contributed by atoms with Gasteiger partial charge in [0.15, 0.2) is 5.16 Å². The summed E-state index contributed by atoms with van der Waals surface area (Å²) in [7, 11) is 0. The predicted octanol–water partition coefficient (Wildman–Crippen LogP) is 5.52. The molecule has 5 nitrogen and oxygen atoms in total. The highest BCUT2D eigenvalue weighted by Gasteiger charge is 2.21. The first-order valence-electron chi connectivity index (χ1n) is 10.9. The van der Waals surface area contributed by atoms with Crippen LogP contribution in [0.3, 0.4) is 0 Å². The van der Waals surface area contributed by atoms with Gasteiger partial charge in [-0.25, -0.2) is 4.98 Å². The van der Waals surface area contributed by atoms with Gasteiger partial charge in [-0.05, 0) is 47.9 Å². The molecule has 33 heavy (non-hydrogen) atoms. The molecular formula is C26H22ClN3O2S. The number of amides is 1. The summed E-state index contributed by atoms with van der Waals surface area (Å²) in [5.74, 6) is 0.836. The second-order valence-electron chi connectivity index (χ2n) is 8.00. The van der Waals surface area contributed by atoms with Gasteiger partial charge in [0.1, 0.15) is 0 Å². The van der Waals surface area contributed by atoms with E-state index in [1.807, 2.05) is 71.6 Å². The van der Waals surface area contributed by atoms with Gasteiger partial charge in [0.2, 0.25) is 5.91 Å². The van der Waals surface area contributed by atoms with E-state index in [1.54, 1.807) is 10.6 Å². The largest absolute Gasteiger partial charge is 0.312 e. The van der Waals surface area contributed by atoms with Crippen molar-refractivity contribution in [2.45, 2.75) is 30.3 Å². The molecule has 0 radical (unpaired) electrons. The van der Waals surface area contributed by atoms with Crippen LogP contribution in [0, 0.1) is 0 Å². The average molecular weight is 476 g/mol. The Balaban J connectivity index is 1.44. The van der Waals surface area contributed by atoms with Crippen molar-refractivity contribution in [2.24, 2.45) is 0 Å². The molecule has 0 N–H and O–H groups in total. The summed E-state index contributed by atoms with van der Waals surface area (Å²) in [6.45, 7) is 1.14. The topological polar surface area (TPSA) is 55.2 Å². The summed E-state index contributed by atoms with van der Waals surface area (Å²) in [5.41, 5.74) is 3.52. The van der Waals surface area contributed by atoms with Crippen LogP contribution in [0.4, 0.5) is 5.69 Å². The number of aromatic nitrogens is 2. The molecule has 166 valence electrons. The Morgan fingerprint density at radius 2 is 1.70 bits per heavy atom. The third-order valence-electron chi connectivity index (χ3n) is 5.80. The van der Waals surface area contributed by atoms with Crippen molar-refractivity contribution in [3.63, 3.8) is 0 Å². The summed E-state index contributed by atoms with van der Waals surface area (Å²) in [6, 6.07) is 23.0. The smallest absolute Gasteiger partial charge is 0.262 e. The van der Waals surface area contributed by atoms with Gasteiger partial charge in [0, 0.05) is 29.4 Å². The van der Waals surface area contributed by atoms with Crippen molar-refractivity contribution >= 4 is 45.9 Å². The number of anilines is 1. The highest BCUT2D eigenvalue weighted by atomic mass is 35.5. The minimum atomic E-state index is -0.0779. The first-order chi connectivity index (χ1) is 16.1. The fourth-order valence-corrected chi connectivity index (χ4v) is 5.19. The van der Waals surface area contributed by atoms with Gasteiger partial charge in [-0.15, -0.1) is 0 Å². The predicted molar refractivity (Wildman–Crippen MR) is 134 cm³/mol. The number of halogens is 1. The van der Waals surface area contributed by atoms with E-state index in [4.69, 9.17) is 16.6 Å². The van der Waals surface area contributed by atoms with Gasteiger partial charge < -0.3 is 4.90 Å². The number of thioether (sulfide) groups is 1. The van der Waals surface area contributed by atoms with E-state index >= 15 is 0 Å². The maximum absolute atomic E-state index is 13.3. The maximum atomic E-state index is 13.3. The highest BCUT2D eigenvalue weighted by molar-refractivity contribution is 7.98.